The maximum Gasteiger partial charge on any atom is 0.185 e. The summed E-state index contributed by atoms with van der Waals surface area (Å²) in [5.41, 5.74) is 2.09. The zero-order valence-electron chi connectivity index (χ0n) is 9.57. The molecule has 18 heavy (non-hydrogen) atoms. The van der Waals surface area contributed by atoms with E-state index in [2.05, 4.69) is 20.7 Å². The Bertz CT molecular complexity index is 737. The molecule has 0 aliphatic carbocycles. The maximum absolute atomic E-state index is 10.4. The van der Waals surface area contributed by atoms with Gasteiger partial charge in [-0.3, -0.25) is 0 Å². The normalized spacial score (nSPS) is 10.9. The van der Waals surface area contributed by atoms with Gasteiger partial charge in [0.15, 0.2) is 5.65 Å². The summed E-state index contributed by atoms with van der Waals surface area (Å²) < 4.78 is 6.76. The Morgan fingerprint density at radius 3 is 3.06 bits per heavy atom. The minimum absolute atomic E-state index is 0.0387. The van der Waals surface area contributed by atoms with Crippen molar-refractivity contribution in [1.82, 2.24) is 20.0 Å². The lowest BCUT2D eigenvalue weighted by Gasteiger charge is -2.05. The second-order valence-corrected chi connectivity index (χ2v) is 3.80. The van der Waals surface area contributed by atoms with Crippen molar-refractivity contribution in [2.75, 3.05) is 7.11 Å². The average molecular weight is 243 g/mol. The van der Waals surface area contributed by atoms with Crippen LogP contribution in [0.1, 0.15) is 5.56 Å². The number of hydrogen-bond acceptors (Lipinski definition) is 6. The van der Waals surface area contributed by atoms with Crippen molar-refractivity contribution in [3.63, 3.8) is 0 Å². The first-order valence-corrected chi connectivity index (χ1v) is 5.30. The number of fused-ring (bicyclic) bond motifs is 3. The van der Waals surface area contributed by atoms with Crippen LogP contribution in [0, 0.1) is 4.91 Å². The van der Waals surface area contributed by atoms with Gasteiger partial charge in [-0.15, -0.1) is 5.10 Å². The van der Waals surface area contributed by atoms with Gasteiger partial charge in [0.1, 0.15) is 12.3 Å². The number of ether oxygens (including phenoxy) is 1. The lowest BCUT2D eigenvalue weighted by molar-refractivity contribution is 0.415. The Kier molecular flexibility index (Phi) is 2.36. The molecule has 0 fully saturated rings. The highest BCUT2D eigenvalue weighted by atomic mass is 16.5. The van der Waals surface area contributed by atoms with Gasteiger partial charge in [0.25, 0.3) is 0 Å². The van der Waals surface area contributed by atoms with Crippen molar-refractivity contribution in [3.8, 4) is 5.75 Å². The third kappa shape index (κ3) is 1.48. The van der Waals surface area contributed by atoms with Crippen LogP contribution in [-0.2, 0) is 6.54 Å². The number of tetrazole rings is 1. The lowest BCUT2D eigenvalue weighted by atomic mass is 10.1. The molecule has 0 saturated carbocycles. The second-order valence-electron chi connectivity index (χ2n) is 3.80. The van der Waals surface area contributed by atoms with E-state index in [1.54, 1.807) is 11.6 Å². The standard InChI is InChI=1S/C11H9N5O2/c1-18-9-2-3-10-7(5-9)4-8(6-12-17)11-13-14-15-16(10)11/h2-5H,6H2,1H3. The number of aromatic nitrogens is 4. The minimum atomic E-state index is 0.0387. The van der Waals surface area contributed by atoms with Gasteiger partial charge in [0, 0.05) is 10.9 Å². The summed E-state index contributed by atoms with van der Waals surface area (Å²) in [5, 5.41) is 15.2. The van der Waals surface area contributed by atoms with Crippen molar-refractivity contribution >= 4 is 16.6 Å². The first kappa shape index (κ1) is 10.6. The van der Waals surface area contributed by atoms with Crippen molar-refractivity contribution in [1.29, 1.82) is 0 Å². The molecule has 0 N–H and O–H groups in total. The molecule has 1 aromatic carbocycles. The van der Waals surface area contributed by atoms with E-state index in [0.29, 0.717) is 11.2 Å². The van der Waals surface area contributed by atoms with Crippen LogP contribution in [0.25, 0.3) is 16.6 Å². The third-order valence-corrected chi connectivity index (χ3v) is 2.78. The van der Waals surface area contributed by atoms with Crippen LogP contribution in [0.4, 0.5) is 0 Å². The Morgan fingerprint density at radius 2 is 2.28 bits per heavy atom. The summed E-state index contributed by atoms with van der Waals surface area (Å²) >= 11 is 0. The van der Waals surface area contributed by atoms with E-state index in [0.717, 1.165) is 16.7 Å². The van der Waals surface area contributed by atoms with Gasteiger partial charge in [-0.25, -0.2) is 0 Å². The SMILES string of the molecule is COc1ccc2c(c1)cc(CN=O)c1nnnn12. The molecule has 90 valence electrons. The largest absolute Gasteiger partial charge is 0.497 e. The molecule has 0 aliphatic heterocycles. The molecular formula is C11H9N5O2. The van der Waals surface area contributed by atoms with Gasteiger partial charge in [-0.1, -0.05) is 5.18 Å². The van der Waals surface area contributed by atoms with Gasteiger partial charge in [0.2, 0.25) is 0 Å². The molecule has 7 heteroatoms. The van der Waals surface area contributed by atoms with Gasteiger partial charge >= 0.3 is 0 Å². The van der Waals surface area contributed by atoms with Gasteiger partial charge in [-0.05, 0) is 34.7 Å². The zero-order valence-corrected chi connectivity index (χ0v) is 9.57. The number of hydrogen-bond donors (Lipinski definition) is 0. The number of methoxy groups -OCH3 is 1. The summed E-state index contributed by atoms with van der Waals surface area (Å²) in [5.74, 6) is 0.736. The Morgan fingerprint density at radius 1 is 1.39 bits per heavy atom. The molecule has 3 aromatic rings. The van der Waals surface area contributed by atoms with Crippen molar-refractivity contribution in [3.05, 3.63) is 34.7 Å². The molecule has 0 atom stereocenters. The molecule has 2 aromatic heterocycles. The summed E-state index contributed by atoms with van der Waals surface area (Å²) in [6.07, 6.45) is 0. The molecule has 0 aliphatic rings. The van der Waals surface area contributed by atoms with Gasteiger partial charge in [0.05, 0.1) is 12.6 Å². The highest BCUT2D eigenvalue weighted by Crippen LogP contribution is 2.23. The minimum Gasteiger partial charge on any atom is -0.497 e. The van der Waals surface area contributed by atoms with Crippen molar-refractivity contribution in [2.45, 2.75) is 6.54 Å². The van der Waals surface area contributed by atoms with Crippen LogP contribution in [0.5, 0.6) is 5.75 Å². The summed E-state index contributed by atoms with van der Waals surface area (Å²) in [4.78, 5) is 10.4. The Labute approximate surface area is 101 Å². The lowest BCUT2D eigenvalue weighted by Crippen LogP contribution is -1.96. The Hall–Kier alpha value is -2.57. The first-order chi connectivity index (χ1) is 8.83. The van der Waals surface area contributed by atoms with E-state index in [4.69, 9.17) is 4.74 Å². The molecular weight excluding hydrogens is 234 g/mol. The van der Waals surface area contributed by atoms with Crippen LogP contribution in [0.3, 0.4) is 0 Å². The van der Waals surface area contributed by atoms with Crippen molar-refractivity contribution in [2.24, 2.45) is 5.18 Å². The van der Waals surface area contributed by atoms with E-state index in [9.17, 15) is 4.91 Å². The fraction of sp³-hybridized carbons (Fsp3) is 0.182. The second kappa shape index (κ2) is 4.02. The number of nitroso groups, excluding NO2 is 1. The number of benzene rings is 1. The molecule has 0 spiro atoms. The first-order valence-electron chi connectivity index (χ1n) is 5.30. The van der Waals surface area contributed by atoms with Gasteiger partial charge < -0.3 is 4.74 Å². The van der Waals surface area contributed by atoms with Crippen LogP contribution in [-0.4, -0.2) is 27.2 Å². The quantitative estimate of drug-likeness (QED) is 0.652. The molecule has 0 amide bonds. The highest BCUT2D eigenvalue weighted by Gasteiger charge is 2.10. The van der Waals surface area contributed by atoms with E-state index < -0.39 is 0 Å². The Balaban J connectivity index is 2.39. The van der Waals surface area contributed by atoms with Crippen LogP contribution in [0.2, 0.25) is 0 Å². The predicted octanol–water partition coefficient (Wildman–Crippen LogP) is 1.55. The average Bonchev–Trinajstić information content (AvgIpc) is 2.88. The molecule has 7 nitrogen and oxygen atoms in total. The van der Waals surface area contributed by atoms with E-state index in [-0.39, 0.29) is 6.54 Å². The smallest absolute Gasteiger partial charge is 0.185 e. The van der Waals surface area contributed by atoms with E-state index >= 15 is 0 Å². The van der Waals surface area contributed by atoms with Crippen LogP contribution < -0.4 is 4.74 Å². The predicted molar refractivity (Wildman–Crippen MR) is 64.3 cm³/mol. The number of nitrogens with zero attached hydrogens (tertiary/aromatic N) is 5. The summed E-state index contributed by atoms with van der Waals surface area (Å²) in [7, 11) is 1.60. The zero-order chi connectivity index (χ0) is 12.5. The van der Waals surface area contributed by atoms with Crippen LogP contribution in [0.15, 0.2) is 29.4 Å². The fourth-order valence-corrected chi connectivity index (χ4v) is 1.96. The monoisotopic (exact) mass is 243 g/mol. The molecule has 3 rings (SSSR count). The fourth-order valence-electron chi connectivity index (χ4n) is 1.96. The highest BCUT2D eigenvalue weighted by molar-refractivity contribution is 5.84. The maximum atomic E-state index is 10.4. The molecule has 0 bridgehead atoms. The number of pyridine rings is 1. The van der Waals surface area contributed by atoms with Crippen LogP contribution >= 0.6 is 0 Å². The van der Waals surface area contributed by atoms with Gasteiger partial charge in [-0.2, -0.15) is 9.42 Å². The van der Waals surface area contributed by atoms with E-state index in [1.807, 2.05) is 24.3 Å². The van der Waals surface area contributed by atoms with Crippen molar-refractivity contribution < 1.29 is 4.74 Å². The number of rotatable bonds is 3. The molecule has 2 heterocycles. The summed E-state index contributed by atoms with van der Waals surface area (Å²) in [6, 6.07) is 7.42. The van der Waals surface area contributed by atoms with E-state index in [1.165, 1.54) is 0 Å². The molecule has 0 radical (unpaired) electrons. The topological polar surface area (TPSA) is 81.7 Å². The summed E-state index contributed by atoms with van der Waals surface area (Å²) in [6.45, 7) is 0.0387. The molecule has 0 saturated heterocycles. The molecule has 0 unspecified atom stereocenters. The third-order valence-electron chi connectivity index (χ3n) is 2.78.